The lowest BCUT2D eigenvalue weighted by molar-refractivity contribution is -0.138. The number of carbonyl (C=O) groups is 1. The molecule has 0 spiro atoms. The van der Waals surface area contributed by atoms with E-state index in [2.05, 4.69) is 4.98 Å². The molecule has 3 aromatic carbocycles. The summed E-state index contributed by atoms with van der Waals surface area (Å²) in [6.45, 7) is 5.07. The average molecular weight is 517 g/mol. The van der Waals surface area contributed by atoms with Gasteiger partial charge in [0.25, 0.3) is 5.56 Å². The number of alkyl halides is 3. The first-order chi connectivity index (χ1) is 17.9. The van der Waals surface area contributed by atoms with E-state index in [0.717, 1.165) is 17.2 Å². The van der Waals surface area contributed by atoms with Crippen LogP contribution in [0.15, 0.2) is 71.5 Å². The van der Waals surface area contributed by atoms with Gasteiger partial charge in [0, 0.05) is 11.6 Å². The van der Waals surface area contributed by atoms with Crippen molar-refractivity contribution in [3.05, 3.63) is 122 Å². The van der Waals surface area contributed by atoms with Gasteiger partial charge < -0.3 is 10.1 Å². The van der Waals surface area contributed by atoms with Crippen LogP contribution < -0.4 is 5.56 Å². The van der Waals surface area contributed by atoms with E-state index >= 15 is 0 Å². The molecule has 0 bridgehead atoms. The van der Waals surface area contributed by atoms with Crippen LogP contribution in [0.25, 0.3) is 11.1 Å². The van der Waals surface area contributed by atoms with Crippen LogP contribution in [-0.4, -0.2) is 15.9 Å². The summed E-state index contributed by atoms with van der Waals surface area (Å²) in [5.41, 5.74) is 1.04. The van der Waals surface area contributed by atoms with Crippen LogP contribution in [0.2, 0.25) is 0 Å². The number of aromatic hydroxyl groups is 1. The molecule has 38 heavy (non-hydrogen) atoms. The Morgan fingerprint density at radius 2 is 1.71 bits per heavy atom. The predicted octanol–water partition coefficient (Wildman–Crippen LogP) is 6.64. The maximum Gasteiger partial charge on any atom is 0.417 e. The van der Waals surface area contributed by atoms with Gasteiger partial charge in [-0.15, -0.1) is 0 Å². The number of benzene rings is 3. The molecular weight excluding hydrogens is 493 g/mol. The quantitative estimate of drug-likeness (QED) is 0.291. The Labute approximate surface area is 216 Å². The van der Waals surface area contributed by atoms with E-state index in [-0.39, 0.29) is 22.8 Å². The van der Waals surface area contributed by atoms with Crippen LogP contribution in [0.5, 0.6) is 5.75 Å². The highest BCUT2D eigenvalue weighted by molar-refractivity contribution is 5.98. The Morgan fingerprint density at radius 3 is 2.34 bits per heavy atom. The monoisotopic (exact) mass is 516 g/mol. The molecular formula is C30H23F3N2O3. The van der Waals surface area contributed by atoms with Crippen molar-refractivity contribution >= 4 is 5.78 Å². The van der Waals surface area contributed by atoms with Crippen LogP contribution in [0.3, 0.4) is 0 Å². The minimum atomic E-state index is -4.90. The van der Waals surface area contributed by atoms with Gasteiger partial charge in [-0.3, -0.25) is 9.59 Å². The van der Waals surface area contributed by atoms with Crippen molar-refractivity contribution < 1.29 is 23.1 Å². The number of Topliss-reactive ketones (excluding diaryl/α,β-unsaturated/α-hetero) is 1. The van der Waals surface area contributed by atoms with Crippen LogP contribution in [0.4, 0.5) is 13.2 Å². The number of hydrogen-bond acceptors (Lipinski definition) is 4. The molecule has 0 radical (unpaired) electrons. The third kappa shape index (κ3) is 5.09. The van der Waals surface area contributed by atoms with Crippen LogP contribution in [-0.2, 0) is 6.18 Å². The fraction of sp³-hybridized carbons (Fsp3) is 0.167. The highest BCUT2D eigenvalue weighted by Crippen LogP contribution is 2.38. The van der Waals surface area contributed by atoms with Crippen LogP contribution in [0, 0.1) is 25.2 Å². The molecule has 0 aliphatic rings. The van der Waals surface area contributed by atoms with Crippen LogP contribution >= 0.6 is 0 Å². The third-order valence-electron chi connectivity index (χ3n) is 6.45. The second-order valence-electron chi connectivity index (χ2n) is 9.16. The minimum Gasteiger partial charge on any atom is -0.507 e. The molecule has 0 saturated heterocycles. The third-order valence-corrected chi connectivity index (χ3v) is 6.45. The van der Waals surface area contributed by atoms with Gasteiger partial charge >= 0.3 is 6.18 Å². The average Bonchev–Trinajstić information content (AvgIpc) is 2.85. The summed E-state index contributed by atoms with van der Waals surface area (Å²) in [5.74, 6) is -1.27. The van der Waals surface area contributed by atoms with E-state index < -0.39 is 28.8 Å². The Kier molecular flexibility index (Phi) is 6.97. The van der Waals surface area contributed by atoms with Gasteiger partial charge in [-0.05, 0) is 66.8 Å². The van der Waals surface area contributed by atoms with Crippen molar-refractivity contribution in [3.63, 3.8) is 0 Å². The highest BCUT2D eigenvalue weighted by atomic mass is 19.4. The summed E-state index contributed by atoms with van der Waals surface area (Å²) in [7, 11) is 0. The minimum absolute atomic E-state index is 0.0134. The number of halogens is 3. The SMILES string of the molecule is CC(=O)c1cc(-c2cccc(C(c3cc(C(F)(F)F)c(C#N)c(=O)[nH]3)c3ccc(C)cc3C)c2)ccc1O. The van der Waals surface area contributed by atoms with Gasteiger partial charge in [0.05, 0.1) is 11.1 Å². The zero-order chi connectivity index (χ0) is 27.8. The molecule has 4 rings (SSSR count). The fourth-order valence-electron chi connectivity index (χ4n) is 4.64. The molecule has 4 aromatic rings. The molecule has 0 fully saturated rings. The molecule has 8 heteroatoms. The Morgan fingerprint density at radius 1 is 1.00 bits per heavy atom. The van der Waals surface area contributed by atoms with E-state index in [1.807, 2.05) is 26.0 Å². The van der Waals surface area contributed by atoms with E-state index in [1.165, 1.54) is 19.1 Å². The summed E-state index contributed by atoms with van der Waals surface area (Å²) in [5, 5.41) is 19.3. The van der Waals surface area contributed by atoms with Gasteiger partial charge in [-0.1, -0.05) is 54.1 Å². The van der Waals surface area contributed by atoms with Crippen LogP contribution in [0.1, 0.15) is 62.3 Å². The molecule has 1 unspecified atom stereocenters. The Hall–Kier alpha value is -4.64. The number of phenolic OH excluding ortho intramolecular Hbond substituents is 1. The zero-order valence-corrected chi connectivity index (χ0v) is 20.8. The summed E-state index contributed by atoms with van der Waals surface area (Å²) >= 11 is 0. The lowest BCUT2D eigenvalue weighted by atomic mass is 9.83. The fourth-order valence-corrected chi connectivity index (χ4v) is 4.64. The van der Waals surface area contributed by atoms with Crippen molar-refractivity contribution in [1.82, 2.24) is 4.98 Å². The van der Waals surface area contributed by atoms with Gasteiger partial charge in [-0.25, -0.2) is 0 Å². The Bertz CT molecular complexity index is 1660. The molecule has 0 aliphatic carbocycles. The summed E-state index contributed by atoms with van der Waals surface area (Å²) in [4.78, 5) is 27.1. The highest BCUT2D eigenvalue weighted by Gasteiger charge is 2.36. The number of H-pyrrole nitrogens is 1. The van der Waals surface area contributed by atoms with E-state index in [9.17, 15) is 33.1 Å². The normalized spacial score (nSPS) is 12.1. The predicted molar refractivity (Wildman–Crippen MR) is 137 cm³/mol. The lowest BCUT2D eigenvalue weighted by Gasteiger charge is -2.23. The smallest absolute Gasteiger partial charge is 0.417 e. The molecule has 0 amide bonds. The number of aromatic nitrogens is 1. The number of aryl methyl sites for hydroxylation is 2. The first-order valence-corrected chi connectivity index (χ1v) is 11.7. The molecule has 2 N–H and O–H groups in total. The van der Waals surface area contributed by atoms with Crippen molar-refractivity contribution in [1.29, 1.82) is 5.26 Å². The standard InChI is InChI=1S/C30H23F3N2O3/c1-16-7-9-22(17(2)11-16)28(26-14-25(30(31,32)33)24(15-34)29(38)35-26)21-6-4-5-19(12-21)20-8-10-27(37)23(13-20)18(3)36/h4-14,28,37H,1-3H3,(H,35,38). The number of nitrogens with one attached hydrogen (secondary N) is 1. The number of carbonyl (C=O) groups excluding carboxylic acids is 1. The van der Waals surface area contributed by atoms with Crippen molar-refractivity contribution in [3.8, 4) is 22.9 Å². The molecule has 1 aromatic heterocycles. The molecule has 5 nitrogen and oxygen atoms in total. The molecule has 1 atom stereocenters. The number of nitriles is 1. The Balaban J connectivity index is 1.98. The summed E-state index contributed by atoms with van der Waals surface area (Å²) < 4.78 is 41.6. The number of hydrogen-bond donors (Lipinski definition) is 2. The first kappa shape index (κ1) is 26.4. The maximum atomic E-state index is 13.9. The number of aromatic amines is 1. The first-order valence-electron chi connectivity index (χ1n) is 11.7. The summed E-state index contributed by atoms with van der Waals surface area (Å²) in [6, 6.07) is 19.4. The number of nitrogens with zero attached hydrogens (tertiary/aromatic N) is 1. The van der Waals surface area contributed by atoms with Crippen molar-refractivity contribution in [2.75, 3.05) is 0 Å². The topological polar surface area (TPSA) is 94.0 Å². The van der Waals surface area contributed by atoms with Gasteiger partial charge in [0.15, 0.2) is 5.78 Å². The van der Waals surface area contributed by atoms with E-state index in [0.29, 0.717) is 22.3 Å². The molecule has 192 valence electrons. The molecule has 0 saturated carbocycles. The number of phenols is 1. The second-order valence-corrected chi connectivity index (χ2v) is 9.16. The molecule has 0 aliphatic heterocycles. The van der Waals surface area contributed by atoms with Gasteiger partial charge in [-0.2, -0.15) is 18.4 Å². The van der Waals surface area contributed by atoms with E-state index in [1.54, 1.807) is 42.5 Å². The second kappa shape index (κ2) is 10.0. The van der Waals surface area contributed by atoms with E-state index in [4.69, 9.17) is 0 Å². The molecule has 1 heterocycles. The zero-order valence-electron chi connectivity index (χ0n) is 20.8. The number of ketones is 1. The summed E-state index contributed by atoms with van der Waals surface area (Å²) in [6.07, 6.45) is -4.90. The largest absolute Gasteiger partial charge is 0.507 e. The lowest BCUT2D eigenvalue weighted by Crippen LogP contribution is -2.23. The maximum absolute atomic E-state index is 13.9. The number of pyridine rings is 1. The van der Waals surface area contributed by atoms with Crippen molar-refractivity contribution in [2.45, 2.75) is 32.9 Å². The van der Waals surface area contributed by atoms with Gasteiger partial charge in [0.2, 0.25) is 0 Å². The van der Waals surface area contributed by atoms with Gasteiger partial charge in [0.1, 0.15) is 17.4 Å². The van der Waals surface area contributed by atoms with Crippen molar-refractivity contribution in [2.24, 2.45) is 0 Å². The number of rotatable bonds is 5.